The van der Waals surface area contributed by atoms with Crippen molar-refractivity contribution in [2.75, 3.05) is 0 Å². The van der Waals surface area contributed by atoms with Gasteiger partial charge >= 0.3 is 0 Å². The fourth-order valence-electron chi connectivity index (χ4n) is 2.49. The minimum absolute atomic E-state index is 0.121. The van der Waals surface area contributed by atoms with E-state index in [1.54, 1.807) is 6.21 Å². The summed E-state index contributed by atoms with van der Waals surface area (Å²) in [6.07, 6.45) is 1.97. The summed E-state index contributed by atoms with van der Waals surface area (Å²) < 4.78 is 0. The molecule has 3 rings (SSSR count). The van der Waals surface area contributed by atoms with Crippen LogP contribution in [0.15, 0.2) is 71.8 Å². The van der Waals surface area contributed by atoms with Crippen molar-refractivity contribution in [1.82, 2.24) is 5.43 Å². The maximum Gasteiger partial charge on any atom is 0.244 e. The van der Waals surface area contributed by atoms with E-state index in [2.05, 4.69) is 10.5 Å². The molecule has 0 bridgehead atoms. The third kappa shape index (κ3) is 3.83. The van der Waals surface area contributed by atoms with Gasteiger partial charge in [-0.15, -0.1) is 0 Å². The zero-order valence-corrected chi connectivity index (χ0v) is 13.0. The lowest BCUT2D eigenvalue weighted by molar-refractivity contribution is -0.120. The maximum atomic E-state index is 12.1. The molecule has 1 amide bonds. The molecule has 3 heteroatoms. The highest BCUT2D eigenvalue weighted by atomic mass is 16.2. The minimum Gasteiger partial charge on any atom is -0.273 e. The molecular formula is C20H18N2O. The largest absolute Gasteiger partial charge is 0.273 e. The molecule has 114 valence electrons. The molecule has 3 nitrogen and oxygen atoms in total. The molecule has 3 aromatic rings. The average Bonchev–Trinajstić information content (AvgIpc) is 2.57. The van der Waals surface area contributed by atoms with Crippen LogP contribution in [0.5, 0.6) is 0 Å². The number of carbonyl (C=O) groups excluding carboxylic acids is 1. The van der Waals surface area contributed by atoms with E-state index in [1.807, 2.05) is 73.7 Å². The van der Waals surface area contributed by atoms with Crippen molar-refractivity contribution in [2.24, 2.45) is 5.10 Å². The molecule has 0 heterocycles. The fourth-order valence-corrected chi connectivity index (χ4v) is 2.49. The first-order valence-electron chi connectivity index (χ1n) is 7.57. The van der Waals surface area contributed by atoms with Gasteiger partial charge in [0.05, 0.1) is 12.6 Å². The Bertz CT molecular complexity index is 846. The molecule has 0 atom stereocenters. The van der Waals surface area contributed by atoms with Crippen molar-refractivity contribution < 1.29 is 4.79 Å². The lowest BCUT2D eigenvalue weighted by Crippen LogP contribution is -2.19. The molecule has 0 spiro atoms. The predicted molar refractivity (Wildman–Crippen MR) is 94.6 cm³/mol. The van der Waals surface area contributed by atoms with Crippen molar-refractivity contribution >= 4 is 22.9 Å². The number of hydrogen-bond donors (Lipinski definition) is 1. The number of carbonyl (C=O) groups is 1. The van der Waals surface area contributed by atoms with Crippen LogP contribution in [-0.4, -0.2) is 12.1 Å². The Hall–Kier alpha value is -2.94. The maximum absolute atomic E-state index is 12.1. The molecule has 0 aliphatic rings. The Kier molecular flexibility index (Phi) is 4.48. The summed E-state index contributed by atoms with van der Waals surface area (Å²) >= 11 is 0. The summed E-state index contributed by atoms with van der Waals surface area (Å²) in [4.78, 5) is 12.1. The van der Waals surface area contributed by atoms with E-state index < -0.39 is 0 Å². The zero-order chi connectivity index (χ0) is 16.1. The van der Waals surface area contributed by atoms with Crippen LogP contribution in [0, 0.1) is 6.92 Å². The molecule has 0 saturated carbocycles. The second kappa shape index (κ2) is 6.88. The van der Waals surface area contributed by atoms with Gasteiger partial charge in [0.15, 0.2) is 0 Å². The van der Waals surface area contributed by atoms with E-state index in [0.29, 0.717) is 6.42 Å². The highest BCUT2D eigenvalue weighted by Crippen LogP contribution is 2.18. The van der Waals surface area contributed by atoms with Crippen molar-refractivity contribution in [3.05, 3.63) is 83.4 Å². The molecule has 0 aromatic heterocycles. The molecule has 1 N–H and O–H groups in total. The van der Waals surface area contributed by atoms with E-state index in [-0.39, 0.29) is 5.91 Å². The molecule has 23 heavy (non-hydrogen) atoms. The SMILES string of the molecule is Cc1ccc(/C=N/NC(=O)Cc2cccc3ccccc23)cc1. The van der Waals surface area contributed by atoms with Gasteiger partial charge in [-0.2, -0.15) is 5.10 Å². The summed E-state index contributed by atoms with van der Waals surface area (Å²) in [6.45, 7) is 2.03. The Morgan fingerprint density at radius 3 is 2.57 bits per heavy atom. The number of rotatable bonds is 4. The van der Waals surface area contributed by atoms with Gasteiger partial charge in [0, 0.05) is 0 Å². The quantitative estimate of drug-likeness (QED) is 0.577. The van der Waals surface area contributed by atoms with E-state index in [9.17, 15) is 4.79 Å². The number of fused-ring (bicyclic) bond motifs is 1. The van der Waals surface area contributed by atoms with Crippen LogP contribution >= 0.6 is 0 Å². The normalized spacial score (nSPS) is 11.0. The zero-order valence-electron chi connectivity index (χ0n) is 13.0. The fraction of sp³-hybridized carbons (Fsp3) is 0.100. The average molecular weight is 302 g/mol. The summed E-state index contributed by atoms with van der Waals surface area (Å²) in [5.41, 5.74) is 5.75. The third-order valence-electron chi connectivity index (χ3n) is 3.71. The van der Waals surface area contributed by atoms with Crippen molar-refractivity contribution in [3.63, 3.8) is 0 Å². The highest BCUT2D eigenvalue weighted by Gasteiger charge is 2.05. The number of nitrogens with one attached hydrogen (secondary N) is 1. The Labute approximate surface area is 135 Å². The van der Waals surface area contributed by atoms with Crippen molar-refractivity contribution in [1.29, 1.82) is 0 Å². The molecule has 3 aromatic carbocycles. The second-order valence-electron chi connectivity index (χ2n) is 5.52. The molecule has 0 fully saturated rings. The molecule has 0 aliphatic carbocycles. The van der Waals surface area contributed by atoms with Gasteiger partial charge in [-0.05, 0) is 28.8 Å². The first-order chi connectivity index (χ1) is 11.2. The Morgan fingerprint density at radius 1 is 1.00 bits per heavy atom. The first-order valence-corrected chi connectivity index (χ1v) is 7.57. The van der Waals surface area contributed by atoms with Gasteiger partial charge in [0.1, 0.15) is 0 Å². The van der Waals surface area contributed by atoms with Crippen LogP contribution in [0.25, 0.3) is 10.8 Å². The van der Waals surface area contributed by atoms with Gasteiger partial charge in [-0.1, -0.05) is 72.3 Å². The monoisotopic (exact) mass is 302 g/mol. The molecule has 0 radical (unpaired) electrons. The molecule has 0 saturated heterocycles. The van der Waals surface area contributed by atoms with Crippen LogP contribution in [0.1, 0.15) is 16.7 Å². The minimum atomic E-state index is -0.121. The highest BCUT2D eigenvalue weighted by molar-refractivity contribution is 5.90. The van der Waals surface area contributed by atoms with Gasteiger partial charge in [0.2, 0.25) is 5.91 Å². The van der Waals surface area contributed by atoms with Gasteiger partial charge in [-0.3, -0.25) is 4.79 Å². The van der Waals surface area contributed by atoms with Crippen LogP contribution in [-0.2, 0) is 11.2 Å². The van der Waals surface area contributed by atoms with Gasteiger partial charge in [-0.25, -0.2) is 5.43 Å². The van der Waals surface area contributed by atoms with Crippen molar-refractivity contribution in [2.45, 2.75) is 13.3 Å². The second-order valence-corrected chi connectivity index (χ2v) is 5.52. The first kappa shape index (κ1) is 15.0. The number of benzene rings is 3. The third-order valence-corrected chi connectivity index (χ3v) is 3.71. The number of amides is 1. The lowest BCUT2D eigenvalue weighted by Gasteiger charge is -2.05. The number of hydrazone groups is 1. The summed E-state index contributed by atoms with van der Waals surface area (Å²) in [5, 5.41) is 6.27. The van der Waals surface area contributed by atoms with Crippen LogP contribution in [0.3, 0.4) is 0 Å². The Morgan fingerprint density at radius 2 is 1.74 bits per heavy atom. The number of hydrogen-bond acceptors (Lipinski definition) is 2. The van der Waals surface area contributed by atoms with Gasteiger partial charge in [0.25, 0.3) is 0 Å². The smallest absolute Gasteiger partial charge is 0.244 e. The van der Waals surface area contributed by atoms with E-state index >= 15 is 0 Å². The van der Waals surface area contributed by atoms with Crippen molar-refractivity contribution in [3.8, 4) is 0 Å². The number of aryl methyl sites for hydroxylation is 1. The standard InChI is InChI=1S/C20H18N2O/c1-15-9-11-16(12-10-15)14-21-22-20(23)13-18-7-4-6-17-5-2-3-8-19(17)18/h2-12,14H,13H2,1H3,(H,22,23)/b21-14+. The molecule has 0 unspecified atom stereocenters. The summed E-state index contributed by atoms with van der Waals surface area (Å²) in [7, 11) is 0. The lowest BCUT2D eigenvalue weighted by atomic mass is 10.0. The van der Waals surface area contributed by atoms with Gasteiger partial charge < -0.3 is 0 Å². The summed E-state index contributed by atoms with van der Waals surface area (Å²) in [5.74, 6) is -0.121. The topological polar surface area (TPSA) is 41.5 Å². The van der Waals surface area contributed by atoms with Crippen LogP contribution in [0.2, 0.25) is 0 Å². The Balaban J connectivity index is 1.66. The molecule has 0 aliphatic heterocycles. The van der Waals surface area contributed by atoms with E-state index in [4.69, 9.17) is 0 Å². The summed E-state index contributed by atoms with van der Waals surface area (Å²) in [6, 6.07) is 22.0. The van der Waals surface area contributed by atoms with E-state index in [1.165, 1.54) is 5.56 Å². The van der Waals surface area contributed by atoms with Crippen LogP contribution < -0.4 is 5.43 Å². The van der Waals surface area contributed by atoms with Crippen LogP contribution in [0.4, 0.5) is 0 Å². The predicted octanol–water partition coefficient (Wildman–Crippen LogP) is 3.84. The molecular weight excluding hydrogens is 284 g/mol. The van der Waals surface area contributed by atoms with E-state index in [0.717, 1.165) is 21.9 Å². The number of nitrogens with zero attached hydrogens (tertiary/aromatic N) is 1.